The Morgan fingerprint density at radius 3 is 2.43 bits per heavy atom. The number of carbonyl (C=O) groups excluding carboxylic acids is 1. The monoisotopic (exact) mass is 435 g/mol. The molecule has 0 aliphatic carbocycles. The molecule has 0 radical (unpaired) electrons. The van der Waals surface area contributed by atoms with E-state index < -0.39 is 27.4 Å². The molecule has 162 valence electrons. The van der Waals surface area contributed by atoms with E-state index in [0.717, 1.165) is 23.2 Å². The molecule has 9 nitrogen and oxygen atoms in total. The summed E-state index contributed by atoms with van der Waals surface area (Å²) in [6.45, 7) is 3.48. The van der Waals surface area contributed by atoms with Gasteiger partial charge in [-0.1, -0.05) is 19.4 Å². The lowest BCUT2D eigenvalue weighted by Crippen LogP contribution is -2.41. The third-order valence-corrected chi connectivity index (χ3v) is 6.24. The summed E-state index contributed by atoms with van der Waals surface area (Å²) < 4.78 is 32.7. The van der Waals surface area contributed by atoms with Crippen LogP contribution in [0.2, 0.25) is 0 Å². The lowest BCUT2D eigenvalue weighted by Gasteiger charge is -2.24. The van der Waals surface area contributed by atoms with Crippen molar-refractivity contribution in [2.45, 2.75) is 31.6 Å². The summed E-state index contributed by atoms with van der Waals surface area (Å²) in [5, 5.41) is 13.9. The van der Waals surface area contributed by atoms with Gasteiger partial charge in [0.15, 0.2) is 0 Å². The van der Waals surface area contributed by atoms with Crippen LogP contribution < -0.4 is 14.4 Å². The van der Waals surface area contributed by atoms with Crippen molar-refractivity contribution < 1.29 is 22.9 Å². The predicted molar refractivity (Wildman–Crippen MR) is 113 cm³/mol. The van der Waals surface area contributed by atoms with Gasteiger partial charge in [0.05, 0.1) is 22.6 Å². The van der Waals surface area contributed by atoms with E-state index in [1.807, 2.05) is 6.92 Å². The van der Waals surface area contributed by atoms with Crippen LogP contribution in [-0.2, 0) is 14.8 Å². The summed E-state index contributed by atoms with van der Waals surface area (Å²) in [4.78, 5) is 22.7. The van der Waals surface area contributed by atoms with E-state index in [0.29, 0.717) is 17.9 Å². The molecule has 1 N–H and O–H groups in total. The van der Waals surface area contributed by atoms with E-state index >= 15 is 0 Å². The molecule has 2 aromatic rings. The number of hydrogen-bond donors (Lipinski definition) is 1. The minimum absolute atomic E-state index is 0.240. The lowest BCUT2D eigenvalue weighted by atomic mass is 10.2. The largest absolute Gasteiger partial charge is 0.497 e. The van der Waals surface area contributed by atoms with Crippen molar-refractivity contribution in [2.75, 3.05) is 24.5 Å². The lowest BCUT2D eigenvalue weighted by molar-refractivity contribution is -0.385. The molecule has 0 aromatic heterocycles. The summed E-state index contributed by atoms with van der Waals surface area (Å²) in [5.41, 5.74) is 0.273. The first-order valence-electron chi connectivity index (χ1n) is 9.39. The molecule has 0 aliphatic rings. The topological polar surface area (TPSA) is 119 Å². The highest BCUT2D eigenvalue weighted by molar-refractivity contribution is 7.92. The number of carbonyl (C=O) groups is 1. The summed E-state index contributed by atoms with van der Waals surface area (Å²) in [6.07, 6.45) is 1.65. The quantitative estimate of drug-likeness (QED) is 0.348. The smallest absolute Gasteiger partial charge is 0.273 e. The van der Waals surface area contributed by atoms with E-state index in [2.05, 4.69) is 5.32 Å². The third-order valence-electron chi connectivity index (χ3n) is 4.47. The Kier molecular flexibility index (Phi) is 7.76. The highest BCUT2D eigenvalue weighted by atomic mass is 32.2. The van der Waals surface area contributed by atoms with E-state index in [9.17, 15) is 23.3 Å². The van der Waals surface area contributed by atoms with Crippen molar-refractivity contribution in [1.82, 2.24) is 5.32 Å². The number of nitrogens with one attached hydrogen (secondary N) is 1. The van der Waals surface area contributed by atoms with Crippen LogP contribution in [0.1, 0.15) is 25.3 Å². The number of anilines is 1. The van der Waals surface area contributed by atoms with Crippen molar-refractivity contribution in [1.29, 1.82) is 0 Å². The van der Waals surface area contributed by atoms with Gasteiger partial charge in [-0.3, -0.25) is 19.2 Å². The zero-order valence-electron chi connectivity index (χ0n) is 17.1. The van der Waals surface area contributed by atoms with Gasteiger partial charge in [-0.15, -0.1) is 0 Å². The zero-order valence-corrected chi connectivity index (χ0v) is 17.9. The van der Waals surface area contributed by atoms with Crippen LogP contribution in [0.3, 0.4) is 0 Å². The van der Waals surface area contributed by atoms with Crippen molar-refractivity contribution in [3.8, 4) is 5.75 Å². The number of nitro groups is 1. The van der Waals surface area contributed by atoms with Gasteiger partial charge in [-0.05, 0) is 43.7 Å². The van der Waals surface area contributed by atoms with Crippen molar-refractivity contribution >= 4 is 27.3 Å². The molecular formula is C20H25N3O6S. The molecule has 2 rings (SSSR count). The van der Waals surface area contributed by atoms with Gasteiger partial charge in [0.25, 0.3) is 15.7 Å². The minimum Gasteiger partial charge on any atom is -0.497 e. The maximum absolute atomic E-state index is 13.3. The zero-order chi connectivity index (χ0) is 22.3. The Morgan fingerprint density at radius 1 is 1.20 bits per heavy atom. The highest BCUT2D eigenvalue weighted by Gasteiger charge is 2.29. The molecular weight excluding hydrogens is 410 g/mol. The van der Waals surface area contributed by atoms with Crippen LogP contribution in [0.5, 0.6) is 5.75 Å². The first kappa shape index (κ1) is 23.1. The second kappa shape index (κ2) is 10.1. The molecule has 0 unspecified atom stereocenters. The maximum Gasteiger partial charge on any atom is 0.273 e. The Bertz CT molecular complexity index is 1010. The molecule has 1 amide bonds. The summed E-state index contributed by atoms with van der Waals surface area (Å²) in [7, 11) is -2.76. The van der Waals surface area contributed by atoms with Crippen LogP contribution in [-0.4, -0.2) is 39.4 Å². The third kappa shape index (κ3) is 5.47. The van der Waals surface area contributed by atoms with Crippen LogP contribution in [0.15, 0.2) is 47.4 Å². The number of ether oxygens (including phenoxy) is 1. The molecule has 0 saturated carbocycles. The fraction of sp³-hybridized carbons (Fsp3) is 0.350. The van der Waals surface area contributed by atoms with Gasteiger partial charge in [-0.2, -0.15) is 0 Å². The Morgan fingerprint density at radius 2 is 1.87 bits per heavy atom. The second-order valence-corrected chi connectivity index (χ2v) is 8.48. The van der Waals surface area contributed by atoms with Gasteiger partial charge in [0.2, 0.25) is 5.91 Å². The summed E-state index contributed by atoms with van der Waals surface area (Å²) in [6, 6.07) is 9.85. The number of methoxy groups -OCH3 is 1. The van der Waals surface area contributed by atoms with Crippen LogP contribution in [0.25, 0.3) is 0 Å². The number of unbranched alkanes of at least 4 members (excludes halogenated alkanes) is 1. The standard InChI is InChI=1S/C20H25N3O6S/c1-4-5-12-21-20(24)14-22(16-7-9-17(29-3)10-8-16)30(27,28)18-11-6-15(2)19(13-18)23(25)26/h6-11,13H,4-5,12,14H2,1-3H3,(H,21,24). The normalized spacial score (nSPS) is 11.0. The van der Waals surface area contributed by atoms with E-state index in [-0.39, 0.29) is 16.3 Å². The second-order valence-electron chi connectivity index (χ2n) is 6.62. The van der Waals surface area contributed by atoms with E-state index in [1.165, 1.54) is 38.3 Å². The molecule has 0 fully saturated rings. The fourth-order valence-electron chi connectivity index (χ4n) is 2.73. The molecule has 0 aliphatic heterocycles. The van der Waals surface area contributed by atoms with Crippen LogP contribution in [0.4, 0.5) is 11.4 Å². The van der Waals surface area contributed by atoms with Crippen LogP contribution >= 0.6 is 0 Å². The van der Waals surface area contributed by atoms with Crippen LogP contribution in [0, 0.1) is 17.0 Å². The number of benzene rings is 2. The number of amides is 1. The molecule has 0 atom stereocenters. The average molecular weight is 436 g/mol. The van der Waals surface area contributed by atoms with Gasteiger partial charge in [0.1, 0.15) is 12.3 Å². The van der Waals surface area contributed by atoms with Gasteiger partial charge < -0.3 is 10.1 Å². The number of sulfonamides is 1. The fourth-order valence-corrected chi connectivity index (χ4v) is 4.17. The predicted octanol–water partition coefficient (Wildman–Crippen LogP) is 3.02. The van der Waals surface area contributed by atoms with E-state index in [4.69, 9.17) is 4.74 Å². The van der Waals surface area contributed by atoms with Crippen molar-refractivity contribution in [3.05, 3.63) is 58.1 Å². The SMILES string of the molecule is CCCCNC(=O)CN(c1ccc(OC)cc1)S(=O)(=O)c1ccc(C)c([N+](=O)[O-])c1. The number of nitrogens with zero attached hydrogens (tertiary/aromatic N) is 2. The summed E-state index contributed by atoms with van der Waals surface area (Å²) in [5.74, 6) is 0.0546. The maximum atomic E-state index is 13.3. The van der Waals surface area contributed by atoms with Crippen molar-refractivity contribution in [2.24, 2.45) is 0 Å². The minimum atomic E-state index is -4.24. The number of nitro benzene ring substituents is 1. The van der Waals surface area contributed by atoms with Gasteiger partial charge in [0, 0.05) is 18.2 Å². The first-order chi connectivity index (χ1) is 14.2. The van der Waals surface area contributed by atoms with Crippen molar-refractivity contribution in [3.63, 3.8) is 0 Å². The number of aryl methyl sites for hydroxylation is 1. The molecule has 30 heavy (non-hydrogen) atoms. The van der Waals surface area contributed by atoms with E-state index in [1.54, 1.807) is 12.1 Å². The van der Waals surface area contributed by atoms with Gasteiger partial charge in [-0.25, -0.2) is 8.42 Å². The summed E-state index contributed by atoms with van der Waals surface area (Å²) >= 11 is 0. The molecule has 2 aromatic carbocycles. The molecule has 10 heteroatoms. The molecule has 0 spiro atoms. The van der Waals surface area contributed by atoms with Gasteiger partial charge >= 0.3 is 0 Å². The first-order valence-corrected chi connectivity index (χ1v) is 10.8. The molecule has 0 heterocycles. The average Bonchev–Trinajstić information content (AvgIpc) is 2.72. The Labute approximate surface area is 175 Å². The highest BCUT2D eigenvalue weighted by Crippen LogP contribution is 2.28. The number of hydrogen-bond acceptors (Lipinski definition) is 6. The number of rotatable bonds is 10. The Hall–Kier alpha value is -3.14. The Balaban J connectivity index is 2.47. The molecule has 0 bridgehead atoms. The molecule has 0 saturated heterocycles.